The van der Waals surface area contributed by atoms with Gasteiger partial charge < -0.3 is 15.0 Å². The van der Waals surface area contributed by atoms with Gasteiger partial charge in [-0.15, -0.1) is 0 Å². The maximum absolute atomic E-state index is 12.4. The lowest BCUT2D eigenvalue weighted by molar-refractivity contribution is -0.885. The van der Waals surface area contributed by atoms with Crippen LogP contribution in [-0.4, -0.2) is 26.6 Å². The minimum Gasteiger partial charge on any atom is -0.496 e. The molecule has 0 saturated heterocycles. The third-order valence-corrected chi connectivity index (χ3v) is 4.44. The summed E-state index contributed by atoms with van der Waals surface area (Å²) in [5, 5.41) is 3.03. The number of anilines is 1. The summed E-state index contributed by atoms with van der Waals surface area (Å²) in [6.45, 7) is 5.11. The van der Waals surface area contributed by atoms with Crippen molar-refractivity contribution in [2.75, 3.05) is 26.0 Å². The zero-order valence-electron chi connectivity index (χ0n) is 14.6. The minimum atomic E-state index is 0.0128. The second kappa shape index (κ2) is 8.31. The molecule has 2 rings (SSSR count). The third-order valence-electron chi connectivity index (χ3n) is 3.94. The molecule has 2 aromatic carbocycles. The topological polar surface area (TPSA) is 42.8 Å². The van der Waals surface area contributed by atoms with Gasteiger partial charge in [-0.3, -0.25) is 4.79 Å². The average Bonchev–Trinajstić information content (AvgIpc) is 2.51. The molecule has 1 unspecified atom stereocenters. The second-order valence-corrected chi connectivity index (χ2v) is 7.00. The maximum atomic E-state index is 12.4. The van der Waals surface area contributed by atoms with Gasteiger partial charge in [0, 0.05) is 15.7 Å². The monoisotopic (exact) mass is 391 g/mol. The summed E-state index contributed by atoms with van der Waals surface area (Å²) in [5.41, 5.74) is 4.14. The minimum absolute atomic E-state index is 0.0128. The summed E-state index contributed by atoms with van der Waals surface area (Å²) in [6, 6.07) is 11.9. The fourth-order valence-corrected chi connectivity index (χ4v) is 3.15. The predicted molar refractivity (Wildman–Crippen MR) is 101 cm³/mol. The van der Waals surface area contributed by atoms with E-state index in [1.54, 1.807) is 7.11 Å². The Bertz CT molecular complexity index is 711. The molecule has 0 heterocycles. The molecule has 128 valence electrons. The largest absolute Gasteiger partial charge is 0.496 e. The van der Waals surface area contributed by atoms with Crippen LogP contribution in [0.25, 0.3) is 0 Å². The van der Waals surface area contributed by atoms with Crippen molar-refractivity contribution in [3.05, 3.63) is 57.6 Å². The van der Waals surface area contributed by atoms with E-state index >= 15 is 0 Å². The number of halogens is 1. The summed E-state index contributed by atoms with van der Waals surface area (Å²) in [6.07, 6.45) is 0. The standard InChI is InChI=1S/C19H23BrN2O2/c1-13-6-5-7-14(2)19(13)21-18(23)12-22(3)11-15-10-16(20)8-9-17(15)24-4/h5-10H,11-12H2,1-4H3,(H,21,23)/p+1. The van der Waals surface area contributed by atoms with Crippen molar-refractivity contribution in [2.24, 2.45) is 0 Å². The van der Waals surface area contributed by atoms with Crippen LogP contribution in [-0.2, 0) is 11.3 Å². The maximum Gasteiger partial charge on any atom is 0.279 e. The molecule has 1 atom stereocenters. The highest BCUT2D eigenvalue weighted by Crippen LogP contribution is 2.22. The normalized spacial score (nSPS) is 11.9. The lowest BCUT2D eigenvalue weighted by Gasteiger charge is -2.17. The molecule has 5 heteroatoms. The van der Waals surface area contributed by atoms with Crippen molar-refractivity contribution in [3.63, 3.8) is 0 Å². The quantitative estimate of drug-likeness (QED) is 0.794. The Kier molecular flexibility index (Phi) is 6.40. The van der Waals surface area contributed by atoms with E-state index in [2.05, 4.69) is 21.2 Å². The number of nitrogens with one attached hydrogen (secondary N) is 2. The number of para-hydroxylation sites is 1. The molecule has 0 radical (unpaired) electrons. The van der Waals surface area contributed by atoms with E-state index in [-0.39, 0.29) is 5.91 Å². The lowest BCUT2D eigenvalue weighted by atomic mass is 10.1. The molecule has 0 saturated carbocycles. The Labute approximate surface area is 151 Å². The molecule has 4 nitrogen and oxygen atoms in total. The molecule has 0 aliphatic carbocycles. The van der Waals surface area contributed by atoms with Crippen molar-refractivity contribution < 1.29 is 14.4 Å². The number of benzene rings is 2. The van der Waals surface area contributed by atoms with E-state index in [9.17, 15) is 4.79 Å². The van der Waals surface area contributed by atoms with E-state index in [1.165, 1.54) is 0 Å². The van der Waals surface area contributed by atoms with Crippen LogP contribution in [0.5, 0.6) is 5.75 Å². The van der Waals surface area contributed by atoms with Crippen LogP contribution < -0.4 is 15.0 Å². The van der Waals surface area contributed by atoms with Crippen molar-refractivity contribution in [3.8, 4) is 5.75 Å². The zero-order chi connectivity index (χ0) is 17.7. The van der Waals surface area contributed by atoms with Gasteiger partial charge in [0.25, 0.3) is 5.91 Å². The van der Waals surface area contributed by atoms with Crippen LogP contribution in [0.4, 0.5) is 5.69 Å². The number of carbonyl (C=O) groups excluding carboxylic acids is 1. The van der Waals surface area contributed by atoms with Crippen LogP contribution in [0.3, 0.4) is 0 Å². The Balaban J connectivity index is 2.01. The smallest absolute Gasteiger partial charge is 0.279 e. The molecule has 0 aromatic heterocycles. The second-order valence-electron chi connectivity index (χ2n) is 6.08. The number of rotatable bonds is 6. The van der Waals surface area contributed by atoms with Gasteiger partial charge >= 0.3 is 0 Å². The summed E-state index contributed by atoms with van der Waals surface area (Å²) < 4.78 is 6.40. The van der Waals surface area contributed by atoms with E-state index in [0.29, 0.717) is 13.1 Å². The van der Waals surface area contributed by atoms with Crippen LogP contribution in [0.1, 0.15) is 16.7 Å². The first-order valence-electron chi connectivity index (χ1n) is 7.90. The Hall–Kier alpha value is -1.85. The number of ether oxygens (including phenoxy) is 1. The Morgan fingerprint density at radius 1 is 1.21 bits per heavy atom. The first-order valence-corrected chi connectivity index (χ1v) is 8.69. The van der Waals surface area contributed by atoms with Gasteiger partial charge in [0.1, 0.15) is 12.3 Å². The molecule has 0 aliphatic rings. The van der Waals surface area contributed by atoms with Gasteiger partial charge in [0.05, 0.1) is 14.2 Å². The summed E-state index contributed by atoms with van der Waals surface area (Å²) >= 11 is 3.48. The molecule has 24 heavy (non-hydrogen) atoms. The van der Waals surface area contributed by atoms with E-state index < -0.39 is 0 Å². The van der Waals surface area contributed by atoms with Gasteiger partial charge in [-0.2, -0.15) is 0 Å². The summed E-state index contributed by atoms with van der Waals surface area (Å²) in [7, 11) is 3.67. The Morgan fingerprint density at radius 2 is 1.88 bits per heavy atom. The number of carbonyl (C=O) groups is 1. The van der Waals surface area contributed by atoms with Crippen LogP contribution in [0.15, 0.2) is 40.9 Å². The summed E-state index contributed by atoms with van der Waals surface area (Å²) in [5.74, 6) is 0.853. The number of likely N-dealkylation sites (N-methyl/N-ethyl adjacent to an activating group) is 1. The van der Waals surface area contributed by atoms with Crippen molar-refractivity contribution >= 4 is 27.5 Å². The van der Waals surface area contributed by atoms with Crippen LogP contribution >= 0.6 is 15.9 Å². The zero-order valence-corrected chi connectivity index (χ0v) is 16.2. The van der Waals surface area contributed by atoms with E-state index in [0.717, 1.165) is 37.5 Å². The fourth-order valence-electron chi connectivity index (χ4n) is 2.74. The van der Waals surface area contributed by atoms with Gasteiger partial charge in [-0.05, 0) is 43.2 Å². The predicted octanol–water partition coefficient (Wildman–Crippen LogP) is 2.73. The fraction of sp³-hybridized carbons (Fsp3) is 0.316. The molecular formula is C19H24BrN2O2+. The lowest BCUT2D eigenvalue weighted by Crippen LogP contribution is -3.08. The van der Waals surface area contributed by atoms with Gasteiger partial charge in [0.15, 0.2) is 6.54 Å². The molecule has 0 aliphatic heterocycles. The SMILES string of the molecule is COc1ccc(Br)cc1C[NH+](C)CC(=O)Nc1c(C)cccc1C. The first-order chi connectivity index (χ1) is 11.4. The summed E-state index contributed by atoms with van der Waals surface area (Å²) in [4.78, 5) is 13.5. The van der Waals surface area contributed by atoms with Gasteiger partial charge in [-0.25, -0.2) is 0 Å². The third kappa shape index (κ3) is 4.82. The molecule has 0 bridgehead atoms. The number of amides is 1. The molecule has 2 N–H and O–H groups in total. The average molecular weight is 392 g/mol. The number of methoxy groups -OCH3 is 1. The molecule has 0 spiro atoms. The molecule has 1 amide bonds. The van der Waals surface area contributed by atoms with Crippen molar-refractivity contribution in [2.45, 2.75) is 20.4 Å². The number of aryl methyl sites for hydroxylation is 2. The molecule has 2 aromatic rings. The van der Waals surface area contributed by atoms with Crippen molar-refractivity contribution in [1.82, 2.24) is 0 Å². The number of hydrogen-bond acceptors (Lipinski definition) is 2. The highest BCUT2D eigenvalue weighted by molar-refractivity contribution is 9.10. The van der Waals surface area contributed by atoms with Crippen molar-refractivity contribution in [1.29, 1.82) is 0 Å². The first kappa shape index (κ1) is 18.5. The highest BCUT2D eigenvalue weighted by atomic mass is 79.9. The Morgan fingerprint density at radius 3 is 2.50 bits per heavy atom. The van der Waals surface area contributed by atoms with E-state index in [1.807, 2.05) is 57.3 Å². The number of hydrogen-bond donors (Lipinski definition) is 2. The van der Waals surface area contributed by atoms with Crippen LogP contribution in [0.2, 0.25) is 0 Å². The molecule has 0 fully saturated rings. The van der Waals surface area contributed by atoms with Gasteiger partial charge in [0.2, 0.25) is 0 Å². The van der Waals surface area contributed by atoms with Crippen LogP contribution in [0, 0.1) is 13.8 Å². The molecular weight excluding hydrogens is 368 g/mol. The van der Waals surface area contributed by atoms with E-state index in [4.69, 9.17) is 4.74 Å². The number of quaternary nitrogens is 1. The van der Waals surface area contributed by atoms with Gasteiger partial charge in [-0.1, -0.05) is 34.1 Å². The highest BCUT2D eigenvalue weighted by Gasteiger charge is 2.15.